The third-order valence-corrected chi connectivity index (χ3v) is 4.11. The maximum atomic E-state index is 11.1. The Kier molecular flexibility index (Phi) is 22.8. The molecule has 0 bridgehead atoms. The van der Waals surface area contributed by atoms with E-state index in [0.717, 1.165) is 12.8 Å². The number of carbonyl (C=O) groups excluding carboxylic acids is 1. The second-order valence-electron chi connectivity index (χ2n) is 6.55. The summed E-state index contributed by atoms with van der Waals surface area (Å²) < 4.78 is 5.05. The van der Waals surface area contributed by atoms with Crippen LogP contribution < -0.4 is 35.3 Å². The van der Waals surface area contributed by atoms with Crippen LogP contribution in [-0.4, -0.2) is 18.6 Å². The minimum absolute atomic E-state index is 0. The van der Waals surface area contributed by atoms with Crippen molar-refractivity contribution in [2.45, 2.75) is 110 Å². The van der Waals surface area contributed by atoms with Crippen LogP contribution in [0, 0.1) is 0 Å². The molecule has 134 valence electrons. The summed E-state index contributed by atoms with van der Waals surface area (Å²) in [5.41, 5.74) is 5.42. The van der Waals surface area contributed by atoms with E-state index in [1.54, 1.807) is 6.92 Å². The van der Waals surface area contributed by atoms with Gasteiger partial charge in [0.05, 0.1) is 6.61 Å². The monoisotopic (exact) mass is 337 g/mol. The number of unbranched alkanes of at least 4 members (excludes halogenated alkanes) is 13. The summed E-state index contributed by atoms with van der Waals surface area (Å²) in [7, 11) is 0. The molecule has 0 aromatic rings. The van der Waals surface area contributed by atoms with Gasteiger partial charge in [0.1, 0.15) is 6.04 Å². The molecule has 0 heterocycles. The summed E-state index contributed by atoms with van der Waals surface area (Å²) in [6.07, 6.45) is 18.7. The maximum absolute atomic E-state index is 11.1. The van der Waals surface area contributed by atoms with Crippen molar-refractivity contribution in [3.05, 3.63) is 0 Å². The molecule has 0 saturated heterocycles. The van der Waals surface area contributed by atoms with E-state index in [2.05, 4.69) is 6.92 Å². The number of rotatable bonds is 16. The predicted molar refractivity (Wildman–Crippen MR) is 96.0 cm³/mol. The molecule has 0 radical (unpaired) electrons. The molecule has 0 unspecified atom stereocenters. The minimum atomic E-state index is -0.494. The van der Waals surface area contributed by atoms with E-state index < -0.39 is 6.04 Å². The fraction of sp³-hybridized carbons (Fsp3) is 0.947. The van der Waals surface area contributed by atoms with Gasteiger partial charge in [-0.15, -0.1) is 0 Å². The number of carbonyl (C=O) groups is 1. The summed E-state index contributed by atoms with van der Waals surface area (Å²) in [6.45, 7) is 4.46. The quantitative estimate of drug-likeness (QED) is 0.267. The molecule has 0 aliphatic rings. The normalized spacial score (nSPS) is 11.8. The van der Waals surface area contributed by atoms with Crippen LogP contribution in [0.2, 0.25) is 0 Å². The van der Waals surface area contributed by atoms with Crippen LogP contribution in [-0.2, 0) is 9.53 Å². The van der Waals surface area contributed by atoms with Crippen molar-refractivity contribution in [3.8, 4) is 0 Å². The Labute approximate surface area is 168 Å². The molecule has 4 heteroatoms. The molecule has 2 N–H and O–H groups in total. The first-order valence-corrected chi connectivity index (χ1v) is 9.60. The molecule has 0 spiro atoms. The van der Waals surface area contributed by atoms with Crippen molar-refractivity contribution in [1.29, 1.82) is 0 Å². The predicted octanol–water partition coefficient (Wildman–Crippen LogP) is 2.47. The van der Waals surface area contributed by atoms with Gasteiger partial charge in [-0.25, -0.2) is 0 Å². The molecule has 1 atom stereocenters. The van der Waals surface area contributed by atoms with Gasteiger partial charge in [0.15, 0.2) is 0 Å². The molecule has 23 heavy (non-hydrogen) atoms. The van der Waals surface area contributed by atoms with Crippen LogP contribution in [0.3, 0.4) is 0 Å². The van der Waals surface area contributed by atoms with Gasteiger partial charge in [0, 0.05) is 0 Å². The third kappa shape index (κ3) is 20.4. The summed E-state index contributed by atoms with van der Waals surface area (Å²) >= 11 is 0. The smallest absolute Gasteiger partial charge is 1.00 e. The maximum Gasteiger partial charge on any atom is 1.00 e. The van der Waals surface area contributed by atoms with Crippen molar-refractivity contribution >= 4 is 5.97 Å². The molecule has 0 aromatic carbocycles. The molecule has 0 aromatic heterocycles. The first kappa shape index (κ1) is 25.7. The van der Waals surface area contributed by atoms with Crippen LogP contribution in [0.4, 0.5) is 0 Å². The third-order valence-electron chi connectivity index (χ3n) is 4.11. The largest absolute Gasteiger partial charge is 1.00 e. The van der Waals surface area contributed by atoms with Crippen molar-refractivity contribution in [1.82, 2.24) is 0 Å². The first-order chi connectivity index (χ1) is 10.7. The fourth-order valence-electron chi connectivity index (χ4n) is 2.60. The fourth-order valence-corrected chi connectivity index (χ4v) is 2.60. The molecule has 0 amide bonds. The molecule has 0 aliphatic heterocycles. The van der Waals surface area contributed by atoms with Crippen molar-refractivity contribution < 1.29 is 40.5 Å². The van der Waals surface area contributed by atoms with Crippen LogP contribution in [0.25, 0.3) is 0 Å². The summed E-state index contributed by atoms with van der Waals surface area (Å²) in [4.78, 5) is 11.1. The van der Waals surface area contributed by atoms with E-state index in [1.807, 2.05) is 0 Å². The van der Waals surface area contributed by atoms with Gasteiger partial charge in [-0.1, -0.05) is 90.4 Å². The second-order valence-corrected chi connectivity index (χ2v) is 6.55. The summed E-state index contributed by atoms with van der Waals surface area (Å²) in [5, 5.41) is 0. The first-order valence-electron chi connectivity index (χ1n) is 9.60. The number of esters is 1. The van der Waals surface area contributed by atoms with Gasteiger partial charge in [0.25, 0.3) is 0 Å². The van der Waals surface area contributed by atoms with Crippen molar-refractivity contribution in [3.63, 3.8) is 0 Å². The Balaban J connectivity index is -0.00000220. The minimum Gasteiger partial charge on any atom is -1.00 e. The number of hydrogen-bond acceptors (Lipinski definition) is 3. The van der Waals surface area contributed by atoms with Gasteiger partial charge >= 0.3 is 35.5 Å². The molecule has 3 nitrogen and oxygen atoms in total. The molecule has 0 fully saturated rings. The van der Waals surface area contributed by atoms with E-state index in [-0.39, 0.29) is 37.0 Å². The standard InChI is InChI=1S/C19H39NO2.Na.H/c1-3-4-5-6-7-8-9-10-11-12-13-14-15-16-17-22-19(21)18(2)20;;/h18H,3-17,20H2,1-2H3;;/q;+1;-1/t18-;;/m0../s1. The Morgan fingerprint density at radius 3 is 1.52 bits per heavy atom. The molecular formula is C19H40NNaO2. The van der Waals surface area contributed by atoms with Crippen molar-refractivity contribution in [2.75, 3.05) is 6.61 Å². The van der Waals surface area contributed by atoms with Crippen LogP contribution >= 0.6 is 0 Å². The molecule has 0 aliphatic carbocycles. The Hall–Kier alpha value is 0.430. The number of hydrogen-bond donors (Lipinski definition) is 1. The van der Waals surface area contributed by atoms with Gasteiger partial charge < -0.3 is 11.9 Å². The van der Waals surface area contributed by atoms with Crippen molar-refractivity contribution in [2.24, 2.45) is 5.73 Å². The summed E-state index contributed by atoms with van der Waals surface area (Å²) in [6, 6.07) is -0.494. The average Bonchev–Trinajstić information content (AvgIpc) is 2.50. The van der Waals surface area contributed by atoms with Gasteiger partial charge in [-0.2, -0.15) is 0 Å². The topological polar surface area (TPSA) is 52.3 Å². The zero-order valence-corrected chi connectivity index (χ0v) is 18.1. The van der Waals surface area contributed by atoms with Gasteiger partial charge in [-0.3, -0.25) is 4.79 Å². The van der Waals surface area contributed by atoms with E-state index in [4.69, 9.17) is 10.5 Å². The van der Waals surface area contributed by atoms with Crippen LogP contribution in [0.1, 0.15) is 105 Å². The second kappa shape index (κ2) is 20.5. The van der Waals surface area contributed by atoms with Gasteiger partial charge in [-0.05, 0) is 13.3 Å². The van der Waals surface area contributed by atoms with Gasteiger partial charge in [0.2, 0.25) is 0 Å². The Morgan fingerprint density at radius 2 is 1.17 bits per heavy atom. The Morgan fingerprint density at radius 1 is 0.826 bits per heavy atom. The number of nitrogens with two attached hydrogens (primary N) is 1. The van der Waals surface area contributed by atoms with Crippen LogP contribution in [0.5, 0.6) is 0 Å². The Bertz CT molecular complexity index is 254. The van der Waals surface area contributed by atoms with E-state index in [9.17, 15) is 4.79 Å². The molecule has 0 rings (SSSR count). The van der Waals surface area contributed by atoms with E-state index in [1.165, 1.54) is 77.0 Å². The zero-order valence-electron chi connectivity index (χ0n) is 17.1. The SMILES string of the molecule is CCCCCCCCCCCCCCCCOC(=O)[C@H](C)N.[H-].[Na+]. The molecule has 0 saturated carbocycles. The van der Waals surface area contributed by atoms with E-state index in [0.29, 0.717) is 6.61 Å². The number of ether oxygens (including phenoxy) is 1. The van der Waals surface area contributed by atoms with Crippen LogP contribution in [0.15, 0.2) is 0 Å². The van der Waals surface area contributed by atoms with E-state index >= 15 is 0 Å². The summed E-state index contributed by atoms with van der Waals surface area (Å²) in [5.74, 6) is -0.283. The zero-order chi connectivity index (χ0) is 16.5. The average molecular weight is 338 g/mol. The molecular weight excluding hydrogens is 297 g/mol.